The topological polar surface area (TPSA) is 78.5 Å². The SMILES string of the molecule is C1CCCCC1.CC(=O)CNC(=O)c1cccc(C2CCCN(C(=O)CNC(C)C)C2)c1. The van der Waals surface area contributed by atoms with Gasteiger partial charge in [0, 0.05) is 30.6 Å². The molecular formula is C26H41N3O3. The molecular weight excluding hydrogens is 402 g/mol. The number of likely N-dealkylation sites (tertiary alicyclic amines) is 1. The van der Waals surface area contributed by atoms with Crippen molar-refractivity contribution in [2.24, 2.45) is 0 Å². The molecule has 2 fully saturated rings. The Hall–Kier alpha value is -2.21. The van der Waals surface area contributed by atoms with Crippen LogP contribution in [0.3, 0.4) is 0 Å². The average Bonchev–Trinajstić information content (AvgIpc) is 2.82. The molecule has 1 atom stereocenters. The van der Waals surface area contributed by atoms with Gasteiger partial charge in [0.2, 0.25) is 5.91 Å². The Labute approximate surface area is 193 Å². The number of carbonyl (C=O) groups excluding carboxylic acids is 3. The van der Waals surface area contributed by atoms with E-state index in [4.69, 9.17) is 0 Å². The summed E-state index contributed by atoms with van der Waals surface area (Å²) in [5.41, 5.74) is 1.61. The normalized spacial score (nSPS) is 18.5. The molecule has 0 aromatic heterocycles. The summed E-state index contributed by atoms with van der Waals surface area (Å²) >= 11 is 0. The fraction of sp³-hybridized carbons (Fsp3) is 0.654. The summed E-state index contributed by atoms with van der Waals surface area (Å²) in [7, 11) is 0. The van der Waals surface area contributed by atoms with Crippen LogP contribution in [0.2, 0.25) is 0 Å². The number of amides is 2. The van der Waals surface area contributed by atoms with Gasteiger partial charge in [-0.05, 0) is 37.5 Å². The zero-order valence-corrected chi connectivity index (χ0v) is 20.1. The highest BCUT2D eigenvalue weighted by Gasteiger charge is 2.25. The molecule has 1 heterocycles. The van der Waals surface area contributed by atoms with Crippen molar-refractivity contribution in [1.29, 1.82) is 0 Å². The highest BCUT2D eigenvalue weighted by molar-refractivity contribution is 5.96. The summed E-state index contributed by atoms with van der Waals surface area (Å²) < 4.78 is 0. The maximum absolute atomic E-state index is 12.4. The van der Waals surface area contributed by atoms with Gasteiger partial charge in [0.1, 0.15) is 5.78 Å². The number of nitrogens with one attached hydrogen (secondary N) is 2. The summed E-state index contributed by atoms with van der Waals surface area (Å²) in [6, 6.07) is 7.77. The highest BCUT2D eigenvalue weighted by atomic mass is 16.2. The van der Waals surface area contributed by atoms with Gasteiger partial charge in [0.15, 0.2) is 0 Å². The molecule has 1 saturated heterocycles. The van der Waals surface area contributed by atoms with Crippen LogP contribution in [0.1, 0.15) is 94.0 Å². The molecule has 1 aromatic rings. The van der Waals surface area contributed by atoms with Crippen molar-refractivity contribution in [3.8, 4) is 0 Å². The van der Waals surface area contributed by atoms with Crippen LogP contribution in [0.5, 0.6) is 0 Å². The van der Waals surface area contributed by atoms with Gasteiger partial charge >= 0.3 is 0 Å². The molecule has 6 heteroatoms. The Balaban J connectivity index is 0.000000520. The number of benzene rings is 1. The van der Waals surface area contributed by atoms with Crippen molar-refractivity contribution in [1.82, 2.24) is 15.5 Å². The average molecular weight is 444 g/mol. The van der Waals surface area contributed by atoms with E-state index in [0.717, 1.165) is 24.9 Å². The summed E-state index contributed by atoms with van der Waals surface area (Å²) in [5, 5.41) is 5.79. The van der Waals surface area contributed by atoms with Crippen LogP contribution >= 0.6 is 0 Å². The van der Waals surface area contributed by atoms with Crippen LogP contribution in [0.4, 0.5) is 0 Å². The molecule has 1 aliphatic heterocycles. The first-order valence-electron chi connectivity index (χ1n) is 12.3. The monoisotopic (exact) mass is 443 g/mol. The molecule has 1 saturated carbocycles. The van der Waals surface area contributed by atoms with Crippen molar-refractivity contribution in [3.63, 3.8) is 0 Å². The lowest BCUT2D eigenvalue weighted by molar-refractivity contribution is -0.131. The molecule has 0 spiro atoms. The molecule has 1 unspecified atom stereocenters. The Morgan fingerprint density at radius 1 is 1.00 bits per heavy atom. The first-order valence-corrected chi connectivity index (χ1v) is 12.3. The van der Waals surface area contributed by atoms with Crippen LogP contribution < -0.4 is 10.6 Å². The maximum Gasteiger partial charge on any atom is 0.251 e. The third-order valence-corrected chi connectivity index (χ3v) is 6.05. The quantitative estimate of drug-likeness (QED) is 0.666. The number of Topliss-reactive ketones (excluding diaryl/α,β-unsaturated/α-hetero) is 1. The molecule has 1 aromatic carbocycles. The van der Waals surface area contributed by atoms with Gasteiger partial charge in [0.05, 0.1) is 13.1 Å². The van der Waals surface area contributed by atoms with Gasteiger partial charge in [-0.1, -0.05) is 64.5 Å². The fourth-order valence-corrected chi connectivity index (χ4v) is 4.18. The summed E-state index contributed by atoms with van der Waals surface area (Å²) in [5.74, 6) is 0.0314. The Morgan fingerprint density at radius 3 is 2.25 bits per heavy atom. The molecule has 0 bridgehead atoms. The van der Waals surface area contributed by atoms with Crippen molar-refractivity contribution < 1.29 is 14.4 Å². The molecule has 1 aliphatic carbocycles. The van der Waals surface area contributed by atoms with Crippen LogP contribution in [-0.2, 0) is 9.59 Å². The first-order chi connectivity index (χ1) is 15.4. The lowest BCUT2D eigenvalue weighted by Crippen LogP contribution is -2.44. The van der Waals surface area contributed by atoms with Gasteiger partial charge in [-0.3, -0.25) is 14.4 Å². The molecule has 178 valence electrons. The maximum atomic E-state index is 12.4. The van der Waals surface area contributed by atoms with E-state index in [9.17, 15) is 14.4 Å². The van der Waals surface area contributed by atoms with E-state index in [1.807, 2.05) is 36.9 Å². The number of rotatable bonds is 7. The van der Waals surface area contributed by atoms with E-state index in [1.54, 1.807) is 6.07 Å². The van der Waals surface area contributed by atoms with E-state index in [0.29, 0.717) is 18.7 Å². The molecule has 2 N–H and O–H groups in total. The van der Waals surface area contributed by atoms with E-state index < -0.39 is 0 Å². The number of nitrogens with zero attached hydrogens (tertiary/aromatic N) is 1. The van der Waals surface area contributed by atoms with Gasteiger partial charge in [-0.25, -0.2) is 0 Å². The Bertz CT molecular complexity index is 732. The van der Waals surface area contributed by atoms with Crippen molar-refractivity contribution >= 4 is 17.6 Å². The second-order valence-corrected chi connectivity index (χ2v) is 9.35. The lowest BCUT2D eigenvalue weighted by atomic mass is 9.89. The standard InChI is InChI=1S/C20H29N3O3.C6H12/c1-14(2)21-12-19(25)23-9-5-8-18(13-23)16-6-4-7-17(10-16)20(26)22-11-15(3)24;1-2-4-6-5-3-1/h4,6-7,10,14,18,21H,5,8-9,11-13H2,1-3H3,(H,22,26);1-6H2. The van der Waals surface area contributed by atoms with Crippen LogP contribution in [0.25, 0.3) is 0 Å². The smallest absolute Gasteiger partial charge is 0.251 e. The summed E-state index contributed by atoms with van der Waals surface area (Å²) in [6.07, 6.45) is 11.0. The lowest BCUT2D eigenvalue weighted by Gasteiger charge is -2.33. The van der Waals surface area contributed by atoms with Crippen molar-refractivity contribution in [3.05, 3.63) is 35.4 Å². The minimum atomic E-state index is -0.244. The zero-order valence-electron chi connectivity index (χ0n) is 20.1. The predicted molar refractivity (Wildman–Crippen MR) is 129 cm³/mol. The third-order valence-electron chi connectivity index (χ3n) is 6.05. The molecule has 3 rings (SSSR count). The summed E-state index contributed by atoms with van der Waals surface area (Å²) in [6.45, 7) is 7.35. The van der Waals surface area contributed by atoms with Crippen LogP contribution in [0, 0.1) is 0 Å². The van der Waals surface area contributed by atoms with E-state index in [1.165, 1.54) is 45.4 Å². The molecule has 2 amide bonds. The molecule has 0 radical (unpaired) electrons. The third kappa shape index (κ3) is 9.51. The number of carbonyl (C=O) groups is 3. The number of hydrogen-bond acceptors (Lipinski definition) is 4. The second-order valence-electron chi connectivity index (χ2n) is 9.35. The largest absolute Gasteiger partial charge is 0.345 e. The van der Waals surface area contributed by atoms with Gasteiger partial charge in [-0.2, -0.15) is 0 Å². The highest BCUT2D eigenvalue weighted by Crippen LogP contribution is 2.27. The van der Waals surface area contributed by atoms with Gasteiger partial charge < -0.3 is 15.5 Å². The fourth-order valence-electron chi connectivity index (χ4n) is 4.18. The Morgan fingerprint density at radius 2 is 1.66 bits per heavy atom. The van der Waals surface area contributed by atoms with Crippen molar-refractivity contribution in [2.45, 2.75) is 84.1 Å². The van der Waals surface area contributed by atoms with E-state index in [-0.39, 0.29) is 36.1 Å². The minimum Gasteiger partial charge on any atom is -0.345 e. The van der Waals surface area contributed by atoms with Crippen LogP contribution in [0.15, 0.2) is 24.3 Å². The molecule has 32 heavy (non-hydrogen) atoms. The van der Waals surface area contributed by atoms with E-state index in [2.05, 4.69) is 10.6 Å². The van der Waals surface area contributed by atoms with E-state index >= 15 is 0 Å². The predicted octanol–water partition coefficient (Wildman–Crippen LogP) is 4.05. The zero-order chi connectivity index (χ0) is 23.3. The second kappa shape index (κ2) is 14.0. The Kier molecular flexibility index (Phi) is 11.4. The molecule has 6 nitrogen and oxygen atoms in total. The number of piperidine rings is 1. The van der Waals surface area contributed by atoms with Gasteiger partial charge in [-0.15, -0.1) is 0 Å². The number of hydrogen-bond donors (Lipinski definition) is 2. The summed E-state index contributed by atoms with van der Waals surface area (Å²) in [4.78, 5) is 37.5. The first kappa shape index (κ1) is 26.0. The van der Waals surface area contributed by atoms with Crippen molar-refractivity contribution in [2.75, 3.05) is 26.2 Å². The van der Waals surface area contributed by atoms with Gasteiger partial charge in [0.25, 0.3) is 5.91 Å². The molecule has 2 aliphatic rings. The van der Waals surface area contributed by atoms with Crippen LogP contribution in [-0.4, -0.2) is 54.7 Å². The number of ketones is 1. The minimum absolute atomic E-state index is 0.0393.